The number of carboxylic acid groups (broad SMARTS) is 1. The molecule has 0 aliphatic carbocycles. The Morgan fingerprint density at radius 2 is 2.11 bits per heavy atom. The molecule has 0 bridgehead atoms. The van der Waals surface area contributed by atoms with Crippen molar-refractivity contribution in [1.82, 2.24) is 9.78 Å². The number of para-hydroxylation sites is 1. The van der Waals surface area contributed by atoms with Crippen LogP contribution in [0.4, 0.5) is 0 Å². The Morgan fingerprint density at radius 1 is 1.37 bits per heavy atom. The van der Waals surface area contributed by atoms with Crippen LogP contribution in [0.25, 0.3) is 10.9 Å². The van der Waals surface area contributed by atoms with Gasteiger partial charge < -0.3 is 9.84 Å². The van der Waals surface area contributed by atoms with Crippen LogP contribution in [0.3, 0.4) is 0 Å². The van der Waals surface area contributed by atoms with Crippen molar-refractivity contribution in [2.75, 3.05) is 13.2 Å². The van der Waals surface area contributed by atoms with Crippen molar-refractivity contribution < 1.29 is 14.6 Å². The molecule has 2 heterocycles. The fourth-order valence-corrected chi connectivity index (χ4v) is 2.60. The maximum atomic E-state index is 11.2. The summed E-state index contributed by atoms with van der Waals surface area (Å²) < 4.78 is 7.17. The molecule has 3 rings (SSSR count). The first-order valence-corrected chi connectivity index (χ1v) is 6.52. The second kappa shape index (κ2) is 5.01. The van der Waals surface area contributed by atoms with Gasteiger partial charge in [-0.15, -0.1) is 0 Å². The predicted octanol–water partition coefficient (Wildman–Crippen LogP) is 2.16. The predicted molar refractivity (Wildman–Crippen MR) is 70.2 cm³/mol. The molecule has 19 heavy (non-hydrogen) atoms. The largest absolute Gasteiger partial charge is 0.476 e. The summed E-state index contributed by atoms with van der Waals surface area (Å²) in [6, 6.07) is 7.49. The van der Waals surface area contributed by atoms with Crippen molar-refractivity contribution in [1.29, 1.82) is 0 Å². The molecule has 1 aromatic heterocycles. The summed E-state index contributed by atoms with van der Waals surface area (Å²) >= 11 is 0. The van der Waals surface area contributed by atoms with E-state index in [2.05, 4.69) is 5.10 Å². The summed E-state index contributed by atoms with van der Waals surface area (Å²) in [6.07, 6.45) is 2.02. The molecule has 1 aliphatic heterocycles. The molecule has 0 radical (unpaired) electrons. The summed E-state index contributed by atoms with van der Waals surface area (Å²) in [5.74, 6) is -0.458. The van der Waals surface area contributed by atoms with Gasteiger partial charge in [-0.3, -0.25) is 4.68 Å². The van der Waals surface area contributed by atoms with Crippen LogP contribution in [-0.2, 0) is 11.3 Å². The summed E-state index contributed by atoms with van der Waals surface area (Å²) in [5, 5.41) is 14.2. The first kappa shape index (κ1) is 12.2. The highest BCUT2D eigenvalue weighted by molar-refractivity contribution is 6.01. The van der Waals surface area contributed by atoms with E-state index in [4.69, 9.17) is 4.74 Å². The third-order valence-corrected chi connectivity index (χ3v) is 3.63. The molecular weight excluding hydrogens is 244 g/mol. The number of aromatic carboxylic acids is 1. The average Bonchev–Trinajstić information content (AvgIpc) is 2.79. The van der Waals surface area contributed by atoms with Crippen LogP contribution in [0.2, 0.25) is 0 Å². The first-order chi connectivity index (χ1) is 9.25. The van der Waals surface area contributed by atoms with E-state index in [0.717, 1.165) is 38.1 Å². The van der Waals surface area contributed by atoms with Crippen molar-refractivity contribution in [3.63, 3.8) is 0 Å². The van der Waals surface area contributed by atoms with Crippen LogP contribution < -0.4 is 0 Å². The summed E-state index contributed by atoms with van der Waals surface area (Å²) in [6.45, 7) is 2.34. The van der Waals surface area contributed by atoms with E-state index in [1.807, 2.05) is 28.9 Å². The Bertz CT molecular complexity index is 600. The highest BCUT2D eigenvalue weighted by Gasteiger charge is 2.19. The third-order valence-electron chi connectivity index (χ3n) is 3.63. The van der Waals surface area contributed by atoms with Gasteiger partial charge in [-0.05, 0) is 24.8 Å². The molecule has 1 fully saturated rings. The van der Waals surface area contributed by atoms with Crippen LogP contribution >= 0.6 is 0 Å². The van der Waals surface area contributed by atoms with E-state index in [1.165, 1.54) is 0 Å². The molecule has 1 aliphatic rings. The lowest BCUT2D eigenvalue weighted by atomic mass is 10.0. The molecule has 0 amide bonds. The van der Waals surface area contributed by atoms with E-state index in [9.17, 15) is 9.90 Å². The zero-order chi connectivity index (χ0) is 13.2. The average molecular weight is 260 g/mol. The van der Waals surface area contributed by atoms with Gasteiger partial charge in [0.2, 0.25) is 0 Å². The van der Waals surface area contributed by atoms with E-state index < -0.39 is 5.97 Å². The summed E-state index contributed by atoms with van der Waals surface area (Å²) in [7, 11) is 0. The first-order valence-electron chi connectivity index (χ1n) is 6.52. The Hall–Kier alpha value is -1.88. The van der Waals surface area contributed by atoms with Gasteiger partial charge in [-0.25, -0.2) is 4.79 Å². The molecule has 2 aromatic rings. The molecule has 1 saturated heterocycles. The lowest BCUT2D eigenvalue weighted by molar-refractivity contribution is 0.0600. The number of ether oxygens (including phenoxy) is 1. The Labute approximate surface area is 110 Å². The van der Waals surface area contributed by atoms with E-state index in [1.54, 1.807) is 0 Å². The van der Waals surface area contributed by atoms with E-state index in [-0.39, 0.29) is 5.69 Å². The number of benzene rings is 1. The lowest BCUT2D eigenvalue weighted by Crippen LogP contribution is -2.21. The highest BCUT2D eigenvalue weighted by atomic mass is 16.5. The molecule has 1 N–H and O–H groups in total. The SMILES string of the molecule is O=C(O)c1nn(CC2CCOCC2)c2ccccc12. The summed E-state index contributed by atoms with van der Waals surface area (Å²) in [4.78, 5) is 11.2. The van der Waals surface area contributed by atoms with Crippen molar-refractivity contribution in [3.8, 4) is 0 Å². The van der Waals surface area contributed by atoms with Crippen molar-refractivity contribution in [2.24, 2.45) is 5.92 Å². The molecule has 5 nitrogen and oxygen atoms in total. The molecule has 0 saturated carbocycles. The Morgan fingerprint density at radius 3 is 2.84 bits per heavy atom. The van der Waals surface area contributed by atoms with Gasteiger partial charge in [0.1, 0.15) is 0 Å². The summed E-state index contributed by atoms with van der Waals surface area (Å²) in [5.41, 5.74) is 1.04. The Kier molecular flexibility index (Phi) is 3.21. The van der Waals surface area contributed by atoms with Gasteiger partial charge in [-0.2, -0.15) is 5.10 Å². The molecule has 0 atom stereocenters. The quantitative estimate of drug-likeness (QED) is 0.918. The van der Waals surface area contributed by atoms with Crippen LogP contribution in [-0.4, -0.2) is 34.1 Å². The number of carbonyl (C=O) groups is 1. The van der Waals surface area contributed by atoms with Crippen LogP contribution in [0.15, 0.2) is 24.3 Å². The maximum Gasteiger partial charge on any atom is 0.357 e. The fourth-order valence-electron chi connectivity index (χ4n) is 2.60. The molecule has 1 aromatic carbocycles. The minimum atomic E-state index is -0.970. The number of hydrogen-bond acceptors (Lipinski definition) is 3. The second-order valence-electron chi connectivity index (χ2n) is 4.91. The van der Waals surface area contributed by atoms with Crippen molar-refractivity contribution >= 4 is 16.9 Å². The molecule has 0 unspecified atom stereocenters. The highest BCUT2D eigenvalue weighted by Crippen LogP contribution is 2.22. The number of nitrogens with zero attached hydrogens (tertiary/aromatic N) is 2. The van der Waals surface area contributed by atoms with Gasteiger partial charge in [0.15, 0.2) is 5.69 Å². The minimum Gasteiger partial charge on any atom is -0.476 e. The zero-order valence-corrected chi connectivity index (χ0v) is 10.6. The number of hydrogen-bond donors (Lipinski definition) is 1. The molecule has 5 heteroatoms. The monoisotopic (exact) mass is 260 g/mol. The smallest absolute Gasteiger partial charge is 0.357 e. The van der Waals surface area contributed by atoms with E-state index >= 15 is 0 Å². The van der Waals surface area contributed by atoms with Crippen LogP contribution in [0.1, 0.15) is 23.3 Å². The van der Waals surface area contributed by atoms with Crippen molar-refractivity contribution in [2.45, 2.75) is 19.4 Å². The van der Waals surface area contributed by atoms with Gasteiger partial charge in [0.05, 0.1) is 5.52 Å². The zero-order valence-electron chi connectivity index (χ0n) is 10.6. The fraction of sp³-hybridized carbons (Fsp3) is 0.429. The topological polar surface area (TPSA) is 64.3 Å². The third kappa shape index (κ3) is 2.33. The van der Waals surface area contributed by atoms with Crippen molar-refractivity contribution in [3.05, 3.63) is 30.0 Å². The normalized spacial score (nSPS) is 16.8. The maximum absolute atomic E-state index is 11.2. The standard InChI is InChI=1S/C14H16N2O3/c17-14(18)13-11-3-1-2-4-12(11)16(15-13)9-10-5-7-19-8-6-10/h1-4,10H,5-9H2,(H,17,18). The van der Waals surface area contributed by atoms with Gasteiger partial charge in [0.25, 0.3) is 0 Å². The van der Waals surface area contributed by atoms with Crippen LogP contribution in [0, 0.1) is 5.92 Å². The van der Waals surface area contributed by atoms with Gasteiger partial charge in [-0.1, -0.05) is 18.2 Å². The van der Waals surface area contributed by atoms with E-state index in [0.29, 0.717) is 11.3 Å². The molecule has 100 valence electrons. The van der Waals surface area contributed by atoms with Gasteiger partial charge in [0, 0.05) is 25.1 Å². The van der Waals surface area contributed by atoms with Crippen LogP contribution in [0.5, 0.6) is 0 Å². The molecular formula is C14H16N2O3. The number of rotatable bonds is 3. The molecule has 0 spiro atoms. The van der Waals surface area contributed by atoms with Gasteiger partial charge >= 0.3 is 5.97 Å². The number of fused-ring (bicyclic) bond motifs is 1. The number of aromatic nitrogens is 2. The minimum absolute atomic E-state index is 0.141. The Balaban J connectivity index is 1.96. The number of carboxylic acids is 1. The second-order valence-corrected chi connectivity index (χ2v) is 4.91. The lowest BCUT2D eigenvalue weighted by Gasteiger charge is -2.22.